The number of nitrogens with zero attached hydrogens (tertiary/aromatic N) is 1. The van der Waals surface area contributed by atoms with Crippen LogP contribution in [0.2, 0.25) is 0 Å². The first-order valence-electron chi connectivity index (χ1n) is 9.39. The van der Waals surface area contributed by atoms with E-state index in [1.54, 1.807) is 0 Å². The van der Waals surface area contributed by atoms with Gasteiger partial charge in [-0.15, -0.1) is 0 Å². The monoisotopic (exact) mass is 351 g/mol. The summed E-state index contributed by atoms with van der Waals surface area (Å²) in [5, 5.41) is 0. The molecule has 0 bridgehead atoms. The van der Waals surface area contributed by atoms with Crippen LogP contribution < -0.4 is 9.47 Å². The lowest BCUT2D eigenvalue weighted by Crippen LogP contribution is -2.48. The van der Waals surface area contributed by atoms with Crippen molar-refractivity contribution in [3.05, 3.63) is 60.2 Å². The zero-order valence-electron chi connectivity index (χ0n) is 15.2. The summed E-state index contributed by atoms with van der Waals surface area (Å²) in [5.74, 6) is 1.72. The van der Waals surface area contributed by atoms with Gasteiger partial charge < -0.3 is 14.4 Å². The molecule has 0 aromatic heterocycles. The molecule has 1 aliphatic carbocycles. The largest absolute Gasteiger partial charge is 0.486 e. The van der Waals surface area contributed by atoms with E-state index < -0.39 is 0 Å². The zero-order chi connectivity index (χ0) is 18.0. The Morgan fingerprint density at radius 3 is 2.42 bits per heavy atom. The number of carbonyl (C=O) groups excluding carboxylic acids is 1. The zero-order valence-corrected chi connectivity index (χ0v) is 15.2. The Morgan fingerprint density at radius 1 is 1.04 bits per heavy atom. The number of ether oxygens (including phenoxy) is 2. The summed E-state index contributed by atoms with van der Waals surface area (Å²) >= 11 is 0. The summed E-state index contributed by atoms with van der Waals surface area (Å²) < 4.78 is 11.8. The number of rotatable bonds is 4. The summed E-state index contributed by atoms with van der Waals surface area (Å²) in [6.45, 7) is 0.995. The van der Waals surface area contributed by atoms with Gasteiger partial charge in [-0.1, -0.05) is 55.3 Å². The Kier molecular flexibility index (Phi) is 4.58. The molecule has 0 saturated heterocycles. The van der Waals surface area contributed by atoms with Gasteiger partial charge >= 0.3 is 0 Å². The quantitative estimate of drug-likeness (QED) is 0.841. The molecule has 1 fully saturated rings. The van der Waals surface area contributed by atoms with Crippen LogP contribution in [0.4, 0.5) is 0 Å². The lowest BCUT2D eigenvalue weighted by Gasteiger charge is -2.35. The molecular weight excluding hydrogens is 326 g/mol. The van der Waals surface area contributed by atoms with Crippen LogP contribution in [-0.2, 0) is 10.2 Å². The highest BCUT2D eigenvalue weighted by molar-refractivity contribution is 5.88. The van der Waals surface area contributed by atoms with Crippen LogP contribution in [0.3, 0.4) is 0 Å². The second kappa shape index (κ2) is 7.02. The Balaban J connectivity index is 1.49. The van der Waals surface area contributed by atoms with Gasteiger partial charge in [-0.25, -0.2) is 0 Å². The number of likely N-dealkylation sites (N-methyl/N-ethyl adjacent to an activating group) is 1. The van der Waals surface area contributed by atoms with Crippen molar-refractivity contribution < 1.29 is 14.3 Å². The normalized spacial score (nSPS) is 20.6. The molecule has 1 saturated carbocycles. The Labute approximate surface area is 154 Å². The van der Waals surface area contributed by atoms with Gasteiger partial charge in [0.2, 0.25) is 5.91 Å². The minimum Gasteiger partial charge on any atom is -0.486 e. The van der Waals surface area contributed by atoms with Crippen molar-refractivity contribution in [2.45, 2.75) is 37.2 Å². The Hall–Kier alpha value is -2.49. The molecule has 1 atom stereocenters. The van der Waals surface area contributed by atoms with Crippen LogP contribution >= 0.6 is 0 Å². The van der Waals surface area contributed by atoms with Gasteiger partial charge in [0.15, 0.2) is 17.6 Å². The van der Waals surface area contributed by atoms with Crippen molar-refractivity contribution in [2.75, 3.05) is 20.2 Å². The molecule has 1 aliphatic heterocycles. The highest BCUT2D eigenvalue weighted by Crippen LogP contribution is 2.42. The molecule has 1 unspecified atom stereocenters. The van der Waals surface area contributed by atoms with Gasteiger partial charge in [0, 0.05) is 7.05 Å². The van der Waals surface area contributed by atoms with E-state index in [4.69, 9.17) is 9.47 Å². The standard InChI is InChI=1S/C22H25NO3/c1-23(15-18-16-25-19-11-5-6-12-20(19)26-18)21(24)22(13-7-8-14-22)17-9-3-2-4-10-17/h2-6,9-12,18H,7-8,13-16H2,1H3. The first-order chi connectivity index (χ1) is 12.7. The molecule has 1 heterocycles. The maximum absolute atomic E-state index is 13.4. The van der Waals surface area contributed by atoms with E-state index >= 15 is 0 Å². The molecule has 4 heteroatoms. The van der Waals surface area contributed by atoms with Crippen LogP contribution in [0.25, 0.3) is 0 Å². The van der Waals surface area contributed by atoms with Crippen molar-refractivity contribution in [1.29, 1.82) is 0 Å². The number of benzene rings is 2. The van der Waals surface area contributed by atoms with Crippen molar-refractivity contribution in [2.24, 2.45) is 0 Å². The first kappa shape index (κ1) is 17.0. The van der Waals surface area contributed by atoms with E-state index in [-0.39, 0.29) is 17.4 Å². The molecule has 2 aromatic carbocycles. The van der Waals surface area contributed by atoms with Crippen LogP contribution in [-0.4, -0.2) is 37.1 Å². The number of fused-ring (bicyclic) bond motifs is 1. The Bertz CT molecular complexity index is 768. The molecule has 2 aliphatic rings. The predicted molar refractivity (Wildman–Crippen MR) is 101 cm³/mol. The van der Waals surface area contributed by atoms with Crippen molar-refractivity contribution in [1.82, 2.24) is 4.90 Å². The average Bonchev–Trinajstić information content (AvgIpc) is 3.19. The summed E-state index contributed by atoms with van der Waals surface area (Å²) in [4.78, 5) is 15.3. The number of carbonyl (C=O) groups is 1. The Morgan fingerprint density at radius 2 is 1.69 bits per heavy atom. The highest BCUT2D eigenvalue weighted by Gasteiger charge is 2.44. The van der Waals surface area contributed by atoms with Crippen LogP contribution in [0.5, 0.6) is 11.5 Å². The number of hydrogen-bond acceptors (Lipinski definition) is 3. The summed E-state index contributed by atoms with van der Waals surface area (Å²) in [6.07, 6.45) is 3.90. The van der Waals surface area contributed by atoms with Crippen molar-refractivity contribution >= 4 is 5.91 Å². The lowest BCUT2D eigenvalue weighted by molar-refractivity contribution is -0.137. The molecule has 136 valence electrons. The number of para-hydroxylation sites is 2. The third-order valence-electron chi connectivity index (χ3n) is 5.58. The molecule has 2 aromatic rings. The molecule has 4 rings (SSSR count). The van der Waals surface area contributed by atoms with E-state index in [1.807, 2.05) is 54.4 Å². The molecule has 0 N–H and O–H groups in total. The summed E-state index contributed by atoms with van der Waals surface area (Å²) in [6, 6.07) is 17.9. The molecule has 0 radical (unpaired) electrons. The maximum Gasteiger partial charge on any atom is 0.233 e. The van der Waals surface area contributed by atoms with Crippen LogP contribution in [0.15, 0.2) is 54.6 Å². The maximum atomic E-state index is 13.4. The van der Waals surface area contributed by atoms with E-state index in [1.165, 1.54) is 0 Å². The van der Waals surface area contributed by atoms with E-state index in [0.717, 1.165) is 42.7 Å². The third kappa shape index (κ3) is 3.05. The van der Waals surface area contributed by atoms with Gasteiger partial charge in [-0.05, 0) is 30.5 Å². The number of amides is 1. The van der Waals surface area contributed by atoms with Gasteiger partial charge in [0.05, 0.1) is 12.0 Å². The smallest absolute Gasteiger partial charge is 0.233 e. The predicted octanol–water partition coefficient (Wildman–Crippen LogP) is 3.80. The molecule has 26 heavy (non-hydrogen) atoms. The highest BCUT2D eigenvalue weighted by atomic mass is 16.6. The average molecular weight is 351 g/mol. The van der Waals surface area contributed by atoms with Crippen LogP contribution in [0.1, 0.15) is 31.2 Å². The first-order valence-corrected chi connectivity index (χ1v) is 9.39. The van der Waals surface area contributed by atoms with Crippen LogP contribution in [0, 0.1) is 0 Å². The third-order valence-corrected chi connectivity index (χ3v) is 5.58. The van der Waals surface area contributed by atoms with Gasteiger partial charge in [0.1, 0.15) is 6.61 Å². The second-order valence-corrected chi connectivity index (χ2v) is 7.34. The molecule has 0 spiro atoms. The molecule has 4 nitrogen and oxygen atoms in total. The summed E-state index contributed by atoms with van der Waals surface area (Å²) in [7, 11) is 1.88. The van der Waals surface area contributed by atoms with Gasteiger partial charge in [-0.2, -0.15) is 0 Å². The van der Waals surface area contributed by atoms with Gasteiger partial charge in [0.25, 0.3) is 0 Å². The fraction of sp³-hybridized carbons (Fsp3) is 0.409. The molecule has 1 amide bonds. The van der Waals surface area contributed by atoms with E-state index in [2.05, 4.69) is 12.1 Å². The van der Waals surface area contributed by atoms with Gasteiger partial charge in [-0.3, -0.25) is 4.79 Å². The minimum absolute atomic E-state index is 0.145. The van der Waals surface area contributed by atoms with E-state index in [0.29, 0.717) is 13.2 Å². The SMILES string of the molecule is CN(CC1COc2ccccc2O1)C(=O)C1(c2ccccc2)CCCC1. The topological polar surface area (TPSA) is 38.8 Å². The lowest BCUT2D eigenvalue weighted by atomic mass is 9.77. The second-order valence-electron chi connectivity index (χ2n) is 7.34. The van der Waals surface area contributed by atoms with Crippen molar-refractivity contribution in [3.8, 4) is 11.5 Å². The van der Waals surface area contributed by atoms with Crippen molar-refractivity contribution in [3.63, 3.8) is 0 Å². The molecular formula is C22H25NO3. The number of hydrogen-bond donors (Lipinski definition) is 0. The summed E-state index contributed by atoms with van der Waals surface area (Å²) in [5.41, 5.74) is 0.754. The minimum atomic E-state index is -0.385. The fourth-order valence-corrected chi connectivity index (χ4v) is 4.27. The van der Waals surface area contributed by atoms with E-state index in [9.17, 15) is 4.79 Å². The fourth-order valence-electron chi connectivity index (χ4n) is 4.27.